The van der Waals surface area contributed by atoms with Crippen LogP contribution in [0.15, 0.2) is 47.5 Å². The number of aromatic nitrogens is 1. The second-order valence-electron chi connectivity index (χ2n) is 4.61. The lowest BCUT2D eigenvalue weighted by molar-refractivity contribution is 0.0865. The number of amides is 1. The van der Waals surface area contributed by atoms with E-state index >= 15 is 0 Å². The van der Waals surface area contributed by atoms with Crippen molar-refractivity contribution in [2.75, 3.05) is 12.4 Å². The molecular formula is C14H13N3O3S. The van der Waals surface area contributed by atoms with Crippen molar-refractivity contribution in [3.63, 3.8) is 0 Å². The SMILES string of the molecule is CNc1ccc(CN2C(=O)c3ccccc3S2(=O)=O)cn1. The Morgan fingerprint density at radius 1 is 1.19 bits per heavy atom. The maximum absolute atomic E-state index is 12.4. The number of hydrogen-bond donors (Lipinski definition) is 1. The zero-order valence-electron chi connectivity index (χ0n) is 11.3. The van der Waals surface area contributed by atoms with Crippen molar-refractivity contribution >= 4 is 21.7 Å². The molecule has 1 amide bonds. The summed E-state index contributed by atoms with van der Waals surface area (Å²) in [4.78, 5) is 16.4. The largest absolute Gasteiger partial charge is 0.373 e. The van der Waals surface area contributed by atoms with E-state index in [1.54, 1.807) is 37.5 Å². The van der Waals surface area contributed by atoms with E-state index in [-0.39, 0.29) is 17.0 Å². The Kier molecular flexibility index (Phi) is 3.13. The molecule has 7 heteroatoms. The van der Waals surface area contributed by atoms with Crippen LogP contribution >= 0.6 is 0 Å². The van der Waals surface area contributed by atoms with Gasteiger partial charge in [-0.3, -0.25) is 4.79 Å². The maximum Gasteiger partial charge on any atom is 0.269 e. The molecule has 0 saturated heterocycles. The van der Waals surface area contributed by atoms with Crippen LogP contribution in [-0.2, 0) is 16.6 Å². The molecule has 1 aromatic heterocycles. The Bertz CT molecular complexity index is 800. The third-order valence-electron chi connectivity index (χ3n) is 3.32. The number of anilines is 1. The number of pyridine rings is 1. The first-order valence-electron chi connectivity index (χ1n) is 6.33. The summed E-state index contributed by atoms with van der Waals surface area (Å²) in [6.45, 7) is -0.0210. The number of nitrogens with zero attached hydrogens (tertiary/aromatic N) is 2. The van der Waals surface area contributed by atoms with Crippen molar-refractivity contribution in [1.29, 1.82) is 0 Å². The fraction of sp³-hybridized carbons (Fsp3) is 0.143. The highest BCUT2D eigenvalue weighted by molar-refractivity contribution is 7.90. The summed E-state index contributed by atoms with van der Waals surface area (Å²) in [5, 5.41) is 2.88. The van der Waals surface area contributed by atoms with Crippen molar-refractivity contribution < 1.29 is 13.2 Å². The fourth-order valence-corrected chi connectivity index (χ4v) is 3.78. The molecule has 0 unspecified atom stereocenters. The summed E-state index contributed by atoms with van der Waals surface area (Å²) in [5.74, 6) is 0.181. The van der Waals surface area contributed by atoms with E-state index in [0.717, 1.165) is 4.31 Å². The topological polar surface area (TPSA) is 79.4 Å². The van der Waals surface area contributed by atoms with E-state index in [2.05, 4.69) is 10.3 Å². The molecule has 0 spiro atoms. The van der Waals surface area contributed by atoms with Crippen molar-refractivity contribution in [3.05, 3.63) is 53.7 Å². The van der Waals surface area contributed by atoms with Gasteiger partial charge in [-0.15, -0.1) is 0 Å². The van der Waals surface area contributed by atoms with Crippen LogP contribution in [0.4, 0.5) is 5.82 Å². The molecule has 0 fully saturated rings. The monoisotopic (exact) mass is 303 g/mol. The molecular weight excluding hydrogens is 290 g/mol. The van der Waals surface area contributed by atoms with Gasteiger partial charge in [0.1, 0.15) is 10.7 Å². The maximum atomic E-state index is 12.4. The average Bonchev–Trinajstić information content (AvgIpc) is 2.70. The van der Waals surface area contributed by atoms with Gasteiger partial charge in [0.05, 0.1) is 12.1 Å². The Morgan fingerprint density at radius 2 is 1.95 bits per heavy atom. The van der Waals surface area contributed by atoms with Crippen molar-refractivity contribution in [3.8, 4) is 0 Å². The minimum absolute atomic E-state index is 0.0210. The van der Waals surface area contributed by atoms with E-state index in [4.69, 9.17) is 0 Å². The first-order valence-corrected chi connectivity index (χ1v) is 7.77. The van der Waals surface area contributed by atoms with E-state index in [1.807, 2.05) is 0 Å². The van der Waals surface area contributed by atoms with Crippen LogP contribution in [0, 0.1) is 0 Å². The zero-order valence-corrected chi connectivity index (χ0v) is 12.1. The third-order valence-corrected chi connectivity index (χ3v) is 5.11. The molecule has 0 saturated carbocycles. The summed E-state index contributed by atoms with van der Waals surface area (Å²) in [6.07, 6.45) is 1.55. The minimum atomic E-state index is -3.77. The summed E-state index contributed by atoms with van der Waals surface area (Å²) in [6, 6.07) is 9.71. The number of carbonyl (C=O) groups excluding carboxylic acids is 1. The molecule has 1 aliphatic heterocycles. The number of benzene rings is 1. The Morgan fingerprint density at radius 3 is 2.57 bits per heavy atom. The molecule has 21 heavy (non-hydrogen) atoms. The van der Waals surface area contributed by atoms with Gasteiger partial charge in [0.2, 0.25) is 0 Å². The second-order valence-corrected chi connectivity index (χ2v) is 6.45. The summed E-state index contributed by atoms with van der Waals surface area (Å²) >= 11 is 0. The van der Waals surface area contributed by atoms with E-state index < -0.39 is 15.9 Å². The molecule has 108 valence electrons. The number of rotatable bonds is 3. The van der Waals surface area contributed by atoms with Gasteiger partial charge in [0.15, 0.2) is 0 Å². The second kappa shape index (κ2) is 4.85. The molecule has 0 bridgehead atoms. The van der Waals surface area contributed by atoms with Crippen LogP contribution in [0.2, 0.25) is 0 Å². The summed E-state index contributed by atoms with van der Waals surface area (Å²) < 4.78 is 25.7. The molecule has 0 atom stereocenters. The van der Waals surface area contributed by atoms with Crippen LogP contribution in [0.25, 0.3) is 0 Å². The number of nitrogens with one attached hydrogen (secondary N) is 1. The van der Waals surface area contributed by atoms with Gasteiger partial charge in [-0.2, -0.15) is 0 Å². The van der Waals surface area contributed by atoms with Crippen LogP contribution in [0.3, 0.4) is 0 Å². The van der Waals surface area contributed by atoms with Gasteiger partial charge in [-0.25, -0.2) is 17.7 Å². The van der Waals surface area contributed by atoms with Gasteiger partial charge in [0.25, 0.3) is 15.9 Å². The lowest BCUT2D eigenvalue weighted by Gasteiger charge is -2.15. The van der Waals surface area contributed by atoms with E-state index in [9.17, 15) is 13.2 Å². The lowest BCUT2D eigenvalue weighted by atomic mass is 10.2. The first kappa shape index (κ1) is 13.6. The van der Waals surface area contributed by atoms with Crippen LogP contribution in [0.5, 0.6) is 0 Å². The van der Waals surface area contributed by atoms with Gasteiger partial charge in [-0.1, -0.05) is 18.2 Å². The normalized spacial score (nSPS) is 15.9. The Balaban J connectivity index is 1.95. The molecule has 2 heterocycles. The predicted molar refractivity (Wildman–Crippen MR) is 77.3 cm³/mol. The quantitative estimate of drug-likeness (QED) is 0.929. The smallest absolute Gasteiger partial charge is 0.269 e. The highest BCUT2D eigenvalue weighted by Gasteiger charge is 2.40. The highest BCUT2D eigenvalue weighted by Crippen LogP contribution is 2.31. The number of fused-ring (bicyclic) bond motifs is 1. The van der Waals surface area contributed by atoms with E-state index in [1.165, 1.54) is 12.1 Å². The lowest BCUT2D eigenvalue weighted by Crippen LogP contribution is -2.29. The molecule has 6 nitrogen and oxygen atoms in total. The van der Waals surface area contributed by atoms with Gasteiger partial charge >= 0.3 is 0 Å². The van der Waals surface area contributed by atoms with Crippen molar-refractivity contribution in [2.45, 2.75) is 11.4 Å². The molecule has 0 radical (unpaired) electrons. The first-order chi connectivity index (χ1) is 10.0. The molecule has 2 aromatic rings. The minimum Gasteiger partial charge on any atom is -0.373 e. The van der Waals surface area contributed by atoms with Crippen LogP contribution < -0.4 is 5.32 Å². The molecule has 1 aromatic carbocycles. The molecule has 0 aliphatic carbocycles. The number of sulfonamides is 1. The van der Waals surface area contributed by atoms with Crippen molar-refractivity contribution in [2.24, 2.45) is 0 Å². The van der Waals surface area contributed by atoms with Gasteiger partial charge < -0.3 is 5.32 Å². The molecule has 1 N–H and O–H groups in total. The van der Waals surface area contributed by atoms with Crippen LogP contribution in [-0.4, -0.2) is 30.7 Å². The summed E-state index contributed by atoms with van der Waals surface area (Å²) in [5.41, 5.74) is 0.871. The third kappa shape index (κ3) is 2.15. The van der Waals surface area contributed by atoms with Gasteiger partial charge in [0, 0.05) is 13.2 Å². The Labute approximate surface area is 122 Å². The standard InChI is InChI=1S/C14H13N3O3S/c1-15-13-7-6-10(8-16-13)9-17-14(18)11-4-2-3-5-12(11)21(17,19)20/h2-8H,9H2,1H3,(H,15,16). The Hall–Kier alpha value is -2.41. The molecule has 3 rings (SSSR count). The van der Waals surface area contributed by atoms with Crippen LogP contribution in [0.1, 0.15) is 15.9 Å². The number of carbonyl (C=O) groups is 1. The zero-order chi connectivity index (χ0) is 15.0. The molecule has 1 aliphatic rings. The average molecular weight is 303 g/mol. The summed E-state index contributed by atoms with van der Waals surface area (Å²) in [7, 11) is -2.03. The van der Waals surface area contributed by atoms with Gasteiger partial charge in [-0.05, 0) is 23.8 Å². The predicted octanol–water partition coefficient (Wildman–Crippen LogP) is 1.47. The fourth-order valence-electron chi connectivity index (χ4n) is 2.22. The highest BCUT2D eigenvalue weighted by atomic mass is 32.2. The van der Waals surface area contributed by atoms with Crippen molar-refractivity contribution in [1.82, 2.24) is 9.29 Å². The van der Waals surface area contributed by atoms with E-state index in [0.29, 0.717) is 11.4 Å². The number of hydrogen-bond acceptors (Lipinski definition) is 5.